The van der Waals surface area contributed by atoms with E-state index in [2.05, 4.69) is 10.3 Å². The lowest BCUT2D eigenvalue weighted by atomic mass is 10.2. The number of carbonyl (C=O) groups excluding carboxylic acids is 3. The molecule has 0 saturated carbocycles. The molecule has 0 bridgehead atoms. The van der Waals surface area contributed by atoms with E-state index in [0.717, 1.165) is 11.0 Å². The first kappa shape index (κ1) is 25.8. The second-order valence-electron chi connectivity index (χ2n) is 7.01. The summed E-state index contributed by atoms with van der Waals surface area (Å²) >= 11 is 6.27. The molecular weight excluding hydrogens is 504 g/mol. The number of amides is 4. The van der Waals surface area contributed by atoms with Gasteiger partial charge in [-0.2, -0.15) is 17.6 Å². The van der Waals surface area contributed by atoms with Crippen molar-refractivity contribution in [3.05, 3.63) is 53.1 Å². The zero-order valence-electron chi connectivity index (χ0n) is 17.4. The van der Waals surface area contributed by atoms with Gasteiger partial charge >= 0.3 is 18.2 Å². The van der Waals surface area contributed by atoms with Crippen molar-refractivity contribution in [3.63, 3.8) is 0 Å². The number of fused-ring (bicyclic) bond motifs is 1. The number of aliphatic carboxylic acids is 1. The molecule has 0 spiro atoms. The van der Waals surface area contributed by atoms with E-state index >= 15 is 0 Å². The van der Waals surface area contributed by atoms with Gasteiger partial charge in [0, 0.05) is 12.2 Å². The third kappa shape index (κ3) is 5.84. The van der Waals surface area contributed by atoms with Gasteiger partial charge in [0.2, 0.25) is 5.95 Å². The minimum atomic E-state index is -5.08. The van der Waals surface area contributed by atoms with E-state index < -0.39 is 42.0 Å². The molecule has 15 heteroatoms. The highest BCUT2D eigenvalue weighted by Gasteiger charge is 2.47. The highest BCUT2D eigenvalue weighted by atomic mass is 35.5. The maximum Gasteiger partial charge on any atom is 0.490 e. The van der Waals surface area contributed by atoms with Crippen molar-refractivity contribution >= 4 is 46.8 Å². The van der Waals surface area contributed by atoms with Gasteiger partial charge < -0.3 is 20.1 Å². The van der Waals surface area contributed by atoms with Crippen LogP contribution in [0.3, 0.4) is 0 Å². The molecule has 1 aromatic heterocycles. The molecule has 0 radical (unpaired) electrons. The molecule has 2 fully saturated rings. The first-order valence-electron chi connectivity index (χ1n) is 9.66. The van der Waals surface area contributed by atoms with Gasteiger partial charge in [-0.05, 0) is 30.3 Å². The number of imide groups is 1. The van der Waals surface area contributed by atoms with Gasteiger partial charge in [-0.15, -0.1) is 0 Å². The van der Waals surface area contributed by atoms with E-state index in [9.17, 15) is 31.9 Å². The van der Waals surface area contributed by atoms with Crippen LogP contribution in [0.15, 0.2) is 36.4 Å². The molecule has 2 aromatic rings. The number of nitrogens with one attached hydrogen (secondary N) is 1. The van der Waals surface area contributed by atoms with Crippen LogP contribution in [-0.4, -0.2) is 70.8 Å². The number of carboxylic acid groups (broad SMARTS) is 1. The van der Waals surface area contributed by atoms with Crippen molar-refractivity contribution in [2.24, 2.45) is 0 Å². The molecule has 0 aliphatic carbocycles. The summed E-state index contributed by atoms with van der Waals surface area (Å²) in [6.45, 7) is 0.849. The number of aromatic nitrogens is 1. The molecule has 2 saturated heterocycles. The Labute approximate surface area is 199 Å². The lowest BCUT2D eigenvalue weighted by Crippen LogP contribution is -2.45. The largest absolute Gasteiger partial charge is 0.490 e. The van der Waals surface area contributed by atoms with Crippen LogP contribution in [0.1, 0.15) is 10.5 Å². The highest BCUT2D eigenvalue weighted by Crippen LogP contribution is 2.34. The SMILES string of the molecule is O=C(Nc1ccc(N2C(=O)C3COCCN3C2=O)c(Cl)c1)c1cccc(F)n1.O=C(O)C(F)(F)F. The number of rotatable bonds is 3. The van der Waals surface area contributed by atoms with Gasteiger partial charge in [-0.1, -0.05) is 17.7 Å². The van der Waals surface area contributed by atoms with Crippen LogP contribution in [0, 0.1) is 5.95 Å². The Kier molecular flexibility index (Phi) is 7.55. The van der Waals surface area contributed by atoms with Crippen molar-refractivity contribution < 1.29 is 46.6 Å². The van der Waals surface area contributed by atoms with E-state index in [4.69, 9.17) is 26.2 Å². The molecule has 4 rings (SSSR count). The first-order chi connectivity index (χ1) is 16.4. The summed E-state index contributed by atoms with van der Waals surface area (Å²) in [5.41, 5.74) is 0.430. The standard InChI is InChI=1S/C18H14ClFN4O4.C2HF3O2/c19-11-8-10(21-16(25)12-2-1-3-15(20)22-12)4-5-13(11)24-17(26)14-9-28-7-6-23(14)18(24)27;3-2(4,5)1(6)7/h1-5,8,14H,6-7,9H2,(H,21,25);(H,6,7). The van der Waals surface area contributed by atoms with Crippen LogP contribution in [-0.2, 0) is 14.3 Å². The lowest BCUT2D eigenvalue weighted by Gasteiger charge is -2.26. The van der Waals surface area contributed by atoms with E-state index in [0.29, 0.717) is 18.8 Å². The summed E-state index contributed by atoms with van der Waals surface area (Å²) in [5, 5.41) is 9.77. The number of nitrogens with zero attached hydrogens (tertiary/aromatic N) is 3. The topological polar surface area (TPSA) is 129 Å². The number of ether oxygens (including phenoxy) is 1. The number of anilines is 2. The molecule has 1 atom stereocenters. The minimum absolute atomic E-state index is 0.0954. The number of benzene rings is 1. The number of hydrogen-bond acceptors (Lipinski definition) is 6. The fourth-order valence-corrected chi connectivity index (χ4v) is 3.39. The van der Waals surface area contributed by atoms with Gasteiger partial charge in [0.1, 0.15) is 11.7 Å². The average molecular weight is 519 g/mol. The van der Waals surface area contributed by atoms with Crippen molar-refractivity contribution in [2.75, 3.05) is 30.0 Å². The molecule has 1 unspecified atom stereocenters. The number of alkyl halides is 3. The van der Waals surface area contributed by atoms with Crippen LogP contribution >= 0.6 is 11.6 Å². The number of morpholine rings is 1. The number of pyridine rings is 1. The number of urea groups is 1. The Bertz CT molecular complexity index is 1150. The summed E-state index contributed by atoms with van der Waals surface area (Å²) in [5.74, 6) is -4.56. The molecular formula is C20H15ClF4N4O6. The van der Waals surface area contributed by atoms with Gasteiger partial charge in [0.25, 0.3) is 11.8 Å². The fourth-order valence-electron chi connectivity index (χ4n) is 3.13. The first-order valence-corrected chi connectivity index (χ1v) is 10.0. The van der Waals surface area contributed by atoms with E-state index in [1.54, 1.807) is 0 Å². The van der Waals surface area contributed by atoms with Crippen LogP contribution in [0.5, 0.6) is 0 Å². The van der Waals surface area contributed by atoms with Gasteiger partial charge in [0.05, 0.1) is 23.9 Å². The van der Waals surface area contributed by atoms with Gasteiger partial charge in [-0.3, -0.25) is 9.59 Å². The van der Waals surface area contributed by atoms with Gasteiger partial charge in [-0.25, -0.2) is 19.5 Å². The Morgan fingerprint density at radius 2 is 1.89 bits per heavy atom. The van der Waals surface area contributed by atoms with E-state index in [-0.39, 0.29) is 23.0 Å². The maximum atomic E-state index is 13.2. The second kappa shape index (κ2) is 10.2. The number of carbonyl (C=O) groups is 4. The molecule has 1 aromatic carbocycles. The zero-order valence-corrected chi connectivity index (χ0v) is 18.1. The number of halogens is 5. The predicted octanol–water partition coefficient (Wildman–Crippen LogP) is 2.93. The lowest BCUT2D eigenvalue weighted by molar-refractivity contribution is -0.192. The Hall–Kier alpha value is -3.78. The smallest absolute Gasteiger partial charge is 0.475 e. The van der Waals surface area contributed by atoms with Crippen LogP contribution < -0.4 is 10.2 Å². The number of hydrogen-bond donors (Lipinski definition) is 2. The highest BCUT2D eigenvalue weighted by molar-refractivity contribution is 6.36. The summed E-state index contributed by atoms with van der Waals surface area (Å²) < 4.78 is 50.2. The Balaban J connectivity index is 0.000000429. The van der Waals surface area contributed by atoms with Crippen molar-refractivity contribution in [2.45, 2.75) is 12.2 Å². The fraction of sp³-hybridized carbons (Fsp3) is 0.250. The molecule has 35 heavy (non-hydrogen) atoms. The van der Waals surface area contributed by atoms with Crippen LogP contribution in [0.25, 0.3) is 0 Å². The molecule has 10 nitrogen and oxygen atoms in total. The Morgan fingerprint density at radius 1 is 1.20 bits per heavy atom. The van der Waals surface area contributed by atoms with Crippen LogP contribution in [0.2, 0.25) is 5.02 Å². The Morgan fingerprint density at radius 3 is 2.46 bits per heavy atom. The molecule has 4 amide bonds. The van der Waals surface area contributed by atoms with Crippen molar-refractivity contribution in [1.29, 1.82) is 0 Å². The molecule has 2 aliphatic heterocycles. The monoisotopic (exact) mass is 518 g/mol. The minimum Gasteiger partial charge on any atom is -0.475 e. The van der Waals surface area contributed by atoms with Crippen molar-refractivity contribution in [3.8, 4) is 0 Å². The third-order valence-corrected chi connectivity index (χ3v) is 5.01. The number of carboxylic acids is 1. The quantitative estimate of drug-likeness (QED) is 0.363. The zero-order chi connectivity index (χ0) is 25.9. The van der Waals surface area contributed by atoms with E-state index in [1.807, 2.05) is 0 Å². The summed E-state index contributed by atoms with van der Waals surface area (Å²) in [7, 11) is 0. The van der Waals surface area contributed by atoms with Crippen molar-refractivity contribution in [1.82, 2.24) is 9.88 Å². The summed E-state index contributed by atoms with van der Waals surface area (Å²) in [6.07, 6.45) is -5.08. The molecule has 2 aliphatic rings. The van der Waals surface area contributed by atoms with E-state index in [1.165, 1.54) is 35.2 Å². The second-order valence-corrected chi connectivity index (χ2v) is 7.42. The normalized spacial score (nSPS) is 17.5. The summed E-state index contributed by atoms with van der Waals surface area (Å²) in [4.78, 5) is 52.2. The van der Waals surface area contributed by atoms with Crippen LogP contribution in [0.4, 0.5) is 33.7 Å². The summed E-state index contributed by atoms with van der Waals surface area (Å²) in [6, 6.07) is 7.12. The molecule has 3 heterocycles. The van der Waals surface area contributed by atoms with Gasteiger partial charge in [0.15, 0.2) is 0 Å². The molecule has 2 N–H and O–H groups in total. The molecule has 186 valence electrons. The average Bonchev–Trinajstić information content (AvgIpc) is 3.04. The predicted molar refractivity (Wildman–Crippen MR) is 111 cm³/mol. The third-order valence-electron chi connectivity index (χ3n) is 4.71. The maximum absolute atomic E-state index is 13.2.